The van der Waals surface area contributed by atoms with Gasteiger partial charge in [-0.1, -0.05) is 6.07 Å². The van der Waals surface area contributed by atoms with E-state index in [0.717, 1.165) is 25.2 Å². The topological polar surface area (TPSA) is 72.7 Å². The van der Waals surface area contributed by atoms with E-state index in [9.17, 15) is 4.79 Å². The van der Waals surface area contributed by atoms with Crippen LogP contribution in [0.5, 0.6) is 0 Å². The van der Waals surface area contributed by atoms with Crippen LogP contribution in [0, 0.1) is 11.3 Å². The second kappa shape index (κ2) is 6.65. The zero-order valence-electron chi connectivity index (χ0n) is 14.2. The number of piperidine rings is 1. The third kappa shape index (κ3) is 3.29. The van der Waals surface area contributed by atoms with Crippen molar-refractivity contribution in [1.82, 2.24) is 14.8 Å². The molecular weight excluding hydrogens is 306 g/mol. The summed E-state index contributed by atoms with van der Waals surface area (Å²) in [7, 11) is 3.55. The van der Waals surface area contributed by atoms with Crippen molar-refractivity contribution in [2.75, 3.05) is 51.8 Å². The van der Waals surface area contributed by atoms with E-state index in [1.807, 2.05) is 17.0 Å². The smallest absolute Gasteiger partial charge is 0.319 e. The van der Waals surface area contributed by atoms with E-state index in [1.54, 1.807) is 25.1 Å². The third-order valence-electron chi connectivity index (χ3n) is 4.61. The van der Waals surface area contributed by atoms with Gasteiger partial charge in [-0.3, -0.25) is 0 Å². The van der Waals surface area contributed by atoms with E-state index >= 15 is 0 Å². The molecule has 2 fully saturated rings. The maximum atomic E-state index is 12.3. The van der Waals surface area contributed by atoms with Gasteiger partial charge < -0.3 is 19.4 Å². The number of carbonyl (C=O) groups is 1. The quantitative estimate of drug-likeness (QED) is 0.777. The van der Waals surface area contributed by atoms with Crippen molar-refractivity contribution in [3.63, 3.8) is 0 Å². The van der Waals surface area contributed by atoms with Gasteiger partial charge in [0.1, 0.15) is 23.2 Å². The first-order valence-corrected chi connectivity index (χ1v) is 8.25. The lowest BCUT2D eigenvalue weighted by Gasteiger charge is -2.48. The van der Waals surface area contributed by atoms with Gasteiger partial charge in [-0.05, 0) is 25.0 Å². The normalized spacial score (nSPS) is 23.9. The van der Waals surface area contributed by atoms with E-state index in [1.165, 1.54) is 0 Å². The largest absolute Gasteiger partial charge is 0.369 e. The molecule has 0 saturated carbocycles. The molecule has 0 N–H and O–H groups in total. The summed E-state index contributed by atoms with van der Waals surface area (Å²) in [6.45, 7) is 3.35. The molecule has 3 heterocycles. The van der Waals surface area contributed by atoms with Crippen molar-refractivity contribution in [1.29, 1.82) is 5.26 Å². The summed E-state index contributed by atoms with van der Waals surface area (Å²) in [6.07, 6.45) is 1.90. The standard InChI is InChI=1S/C17H23N5O2/c1-20(2)16(23)22-9-10-24-17(13-22)7-4-8-21(12-17)15-6-3-5-14(11-18)19-15/h3,5-6H,4,7-10,12-13H2,1-2H3. The van der Waals surface area contributed by atoms with Crippen LogP contribution in [0.2, 0.25) is 0 Å². The minimum Gasteiger partial charge on any atom is -0.369 e. The Kier molecular flexibility index (Phi) is 4.58. The number of nitrogens with zero attached hydrogens (tertiary/aromatic N) is 5. The van der Waals surface area contributed by atoms with Crippen LogP contribution in [0.15, 0.2) is 18.2 Å². The number of nitriles is 1. The first-order valence-electron chi connectivity index (χ1n) is 8.25. The predicted octanol–water partition coefficient (Wildman–Crippen LogP) is 1.31. The monoisotopic (exact) mass is 329 g/mol. The van der Waals surface area contributed by atoms with E-state index in [4.69, 9.17) is 10.00 Å². The maximum Gasteiger partial charge on any atom is 0.319 e. The van der Waals surface area contributed by atoms with E-state index in [2.05, 4.69) is 16.0 Å². The molecule has 1 atom stereocenters. The van der Waals surface area contributed by atoms with Crippen molar-refractivity contribution in [2.45, 2.75) is 18.4 Å². The highest BCUT2D eigenvalue weighted by Gasteiger charge is 2.42. The molecule has 128 valence electrons. The summed E-state index contributed by atoms with van der Waals surface area (Å²) < 4.78 is 6.13. The zero-order valence-corrected chi connectivity index (χ0v) is 14.2. The molecule has 24 heavy (non-hydrogen) atoms. The minimum absolute atomic E-state index is 0.0272. The van der Waals surface area contributed by atoms with Crippen LogP contribution in [0.4, 0.5) is 10.6 Å². The van der Waals surface area contributed by atoms with Gasteiger partial charge in [-0.25, -0.2) is 9.78 Å². The first kappa shape index (κ1) is 16.5. The molecule has 2 aliphatic heterocycles. The van der Waals surface area contributed by atoms with Gasteiger partial charge in [0.15, 0.2) is 0 Å². The second-order valence-corrected chi connectivity index (χ2v) is 6.65. The Bertz CT molecular complexity index is 653. The number of ether oxygens (including phenoxy) is 1. The number of pyridine rings is 1. The molecule has 2 saturated heterocycles. The molecular formula is C17H23N5O2. The van der Waals surface area contributed by atoms with Crippen molar-refractivity contribution in [2.24, 2.45) is 0 Å². The van der Waals surface area contributed by atoms with Crippen molar-refractivity contribution >= 4 is 11.8 Å². The van der Waals surface area contributed by atoms with Crippen molar-refractivity contribution in [3.8, 4) is 6.07 Å². The van der Waals surface area contributed by atoms with Crippen LogP contribution in [0.1, 0.15) is 18.5 Å². The molecule has 2 amide bonds. The highest BCUT2D eigenvalue weighted by Crippen LogP contribution is 2.31. The second-order valence-electron chi connectivity index (χ2n) is 6.65. The first-order chi connectivity index (χ1) is 11.5. The number of amides is 2. The van der Waals surface area contributed by atoms with Crippen LogP contribution in [-0.2, 0) is 4.74 Å². The van der Waals surface area contributed by atoms with E-state index < -0.39 is 0 Å². The predicted molar refractivity (Wildman–Crippen MR) is 89.7 cm³/mol. The molecule has 1 aromatic heterocycles. The Morgan fingerprint density at radius 1 is 1.38 bits per heavy atom. The number of urea groups is 1. The van der Waals surface area contributed by atoms with Crippen LogP contribution in [0.3, 0.4) is 0 Å². The molecule has 3 rings (SSSR count). The number of anilines is 1. The van der Waals surface area contributed by atoms with Gasteiger partial charge in [0.2, 0.25) is 0 Å². The molecule has 7 heteroatoms. The van der Waals surface area contributed by atoms with Gasteiger partial charge >= 0.3 is 6.03 Å². The highest BCUT2D eigenvalue weighted by molar-refractivity contribution is 5.74. The summed E-state index contributed by atoms with van der Waals surface area (Å²) in [6, 6.07) is 7.59. The number of aromatic nitrogens is 1. The van der Waals surface area contributed by atoms with Gasteiger partial charge in [0, 0.05) is 27.2 Å². The summed E-state index contributed by atoms with van der Waals surface area (Å²) >= 11 is 0. The molecule has 0 aromatic carbocycles. The zero-order chi connectivity index (χ0) is 17.2. The molecule has 0 bridgehead atoms. The third-order valence-corrected chi connectivity index (χ3v) is 4.61. The maximum absolute atomic E-state index is 12.3. The Morgan fingerprint density at radius 3 is 2.96 bits per heavy atom. The average molecular weight is 329 g/mol. The Balaban J connectivity index is 1.76. The number of hydrogen-bond donors (Lipinski definition) is 0. The Hall–Kier alpha value is -2.33. The average Bonchev–Trinajstić information content (AvgIpc) is 2.61. The fraction of sp³-hybridized carbons (Fsp3) is 0.588. The SMILES string of the molecule is CN(C)C(=O)N1CCOC2(CCCN(c3cccc(C#N)n3)C2)C1. The highest BCUT2D eigenvalue weighted by atomic mass is 16.5. The lowest BCUT2D eigenvalue weighted by Crippen LogP contribution is -2.62. The molecule has 1 aromatic rings. The van der Waals surface area contributed by atoms with Gasteiger partial charge in [0.05, 0.1) is 19.7 Å². The fourth-order valence-corrected chi connectivity index (χ4v) is 3.49. The molecule has 1 spiro atoms. The van der Waals surface area contributed by atoms with E-state index in [0.29, 0.717) is 31.9 Å². The molecule has 0 radical (unpaired) electrons. The van der Waals surface area contributed by atoms with Gasteiger partial charge in [-0.15, -0.1) is 0 Å². The Labute approximate surface area is 142 Å². The van der Waals surface area contributed by atoms with Crippen LogP contribution >= 0.6 is 0 Å². The Morgan fingerprint density at radius 2 is 2.21 bits per heavy atom. The number of rotatable bonds is 1. The van der Waals surface area contributed by atoms with Crippen molar-refractivity contribution in [3.05, 3.63) is 23.9 Å². The van der Waals surface area contributed by atoms with Crippen LogP contribution in [0.25, 0.3) is 0 Å². The molecule has 2 aliphatic rings. The van der Waals surface area contributed by atoms with E-state index in [-0.39, 0.29) is 11.6 Å². The van der Waals surface area contributed by atoms with Gasteiger partial charge in [-0.2, -0.15) is 5.26 Å². The van der Waals surface area contributed by atoms with Crippen LogP contribution < -0.4 is 4.90 Å². The summed E-state index contributed by atoms with van der Waals surface area (Å²) in [5, 5.41) is 9.05. The summed E-state index contributed by atoms with van der Waals surface area (Å²) in [5.74, 6) is 0.799. The minimum atomic E-state index is -0.355. The number of hydrogen-bond acceptors (Lipinski definition) is 5. The van der Waals surface area contributed by atoms with Gasteiger partial charge in [0.25, 0.3) is 0 Å². The summed E-state index contributed by atoms with van der Waals surface area (Å²) in [5.41, 5.74) is 0.0630. The number of morpholine rings is 1. The number of carbonyl (C=O) groups excluding carboxylic acids is 1. The molecule has 0 aliphatic carbocycles. The lowest BCUT2D eigenvalue weighted by atomic mass is 9.90. The van der Waals surface area contributed by atoms with Crippen molar-refractivity contribution < 1.29 is 9.53 Å². The summed E-state index contributed by atoms with van der Waals surface area (Å²) in [4.78, 5) is 22.3. The molecule has 1 unspecified atom stereocenters. The lowest BCUT2D eigenvalue weighted by molar-refractivity contribution is -0.104. The molecule has 7 nitrogen and oxygen atoms in total. The fourth-order valence-electron chi connectivity index (χ4n) is 3.49. The van der Waals surface area contributed by atoms with Crippen LogP contribution in [-0.4, -0.2) is 73.3 Å².